The summed E-state index contributed by atoms with van der Waals surface area (Å²) in [4.78, 5) is 12.3. The minimum Gasteiger partial charge on any atom is -0.272 e. The zero-order chi connectivity index (χ0) is 16.9. The van der Waals surface area contributed by atoms with Crippen molar-refractivity contribution in [2.24, 2.45) is 5.10 Å². The highest BCUT2D eigenvalue weighted by molar-refractivity contribution is 7.84. The van der Waals surface area contributed by atoms with Gasteiger partial charge in [0, 0.05) is 23.0 Å². The normalized spacial score (nSPS) is 15.2. The Morgan fingerprint density at radius 2 is 1.96 bits per heavy atom. The van der Waals surface area contributed by atoms with Crippen LogP contribution < -0.4 is 0 Å². The summed E-state index contributed by atoms with van der Waals surface area (Å²) in [6.45, 7) is 2.56. The maximum absolute atomic E-state index is 12.3. The van der Waals surface area contributed by atoms with Crippen LogP contribution in [0.2, 0.25) is 0 Å². The van der Waals surface area contributed by atoms with Crippen molar-refractivity contribution < 1.29 is 9.00 Å². The van der Waals surface area contributed by atoms with Gasteiger partial charge in [0.2, 0.25) is 0 Å². The summed E-state index contributed by atoms with van der Waals surface area (Å²) in [6, 6.07) is 17.7. The van der Waals surface area contributed by atoms with Crippen LogP contribution in [0.4, 0.5) is 0 Å². The van der Waals surface area contributed by atoms with Crippen LogP contribution in [0.5, 0.6) is 0 Å². The van der Waals surface area contributed by atoms with Gasteiger partial charge in [-0.05, 0) is 18.1 Å². The van der Waals surface area contributed by atoms with Crippen LogP contribution in [-0.2, 0) is 21.3 Å². The van der Waals surface area contributed by atoms with Gasteiger partial charge in [0.25, 0.3) is 5.91 Å². The molecule has 1 heterocycles. The van der Waals surface area contributed by atoms with Gasteiger partial charge in [-0.1, -0.05) is 60.2 Å². The number of carbonyl (C=O) groups excluding carboxylic acids is 1. The first-order valence-electron chi connectivity index (χ1n) is 7.95. The maximum atomic E-state index is 12.3. The van der Waals surface area contributed by atoms with Crippen LogP contribution in [0.3, 0.4) is 0 Å². The summed E-state index contributed by atoms with van der Waals surface area (Å²) in [6.07, 6.45) is 0.736. The number of hydrazone groups is 1. The molecule has 0 N–H and O–H groups in total. The summed E-state index contributed by atoms with van der Waals surface area (Å²) in [5.74, 6) is 0.239. The van der Waals surface area contributed by atoms with Crippen LogP contribution in [0.15, 0.2) is 59.7 Å². The van der Waals surface area contributed by atoms with Gasteiger partial charge in [0.05, 0.1) is 12.3 Å². The van der Waals surface area contributed by atoms with Gasteiger partial charge < -0.3 is 0 Å². The number of hydrogen-bond donors (Lipinski definition) is 0. The fourth-order valence-corrected chi connectivity index (χ4v) is 3.80. The average molecular weight is 340 g/mol. The molecule has 3 rings (SSSR count). The minimum absolute atomic E-state index is 0.0134. The lowest BCUT2D eigenvalue weighted by Crippen LogP contribution is -2.28. The first-order chi connectivity index (χ1) is 11.6. The molecule has 2 aromatic rings. The van der Waals surface area contributed by atoms with E-state index in [0.717, 1.165) is 28.8 Å². The molecule has 124 valence electrons. The number of rotatable bonds is 5. The van der Waals surface area contributed by atoms with Crippen molar-refractivity contribution in [3.63, 3.8) is 0 Å². The molecule has 1 aliphatic heterocycles. The molecule has 24 heavy (non-hydrogen) atoms. The van der Waals surface area contributed by atoms with E-state index in [9.17, 15) is 9.00 Å². The molecule has 0 radical (unpaired) electrons. The van der Waals surface area contributed by atoms with Crippen LogP contribution in [0, 0.1) is 6.92 Å². The number of nitrogens with zero attached hydrogens (tertiary/aromatic N) is 2. The Morgan fingerprint density at radius 3 is 2.71 bits per heavy atom. The van der Waals surface area contributed by atoms with E-state index >= 15 is 0 Å². The standard InChI is InChI=1S/C19H20N2O2S/c1-15-6-5-7-16(12-15)13-24(23)14-19(22)21-11-10-18(20-21)17-8-3-2-4-9-17/h2-9,12H,10-11,13-14H2,1H3. The zero-order valence-corrected chi connectivity index (χ0v) is 14.5. The van der Waals surface area contributed by atoms with Crippen molar-refractivity contribution in [1.82, 2.24) is 5.01 Å². The van der Waals surface area contributed by atoms with Gasteiger partial charge in [-0.3, -0.25) is 9.00 Å². The third kappa shape index (κ3) is 4.17. The summed E-state index contributed by atoms with van der Waals surface area (Å²) < 4.78 is 12.3. The fourth-order valence-electron chi connectivity index (χ4n) is 2.72. The number of aryl methyl sites for hydroxylation is 1. The molecule has 0 spiro atoms. The van der Waals surface area contributed by atoms with E-state index in [-0.39, 0.29) is 11.7 Å². The second-order valence-electron chi connectivity index (χ2n) is 5.90. The first-order valence-corrected chi connectivity index (χ1v) is 9.44. The van der Waals surface area contributed by atoms with Gasteiger partial charge in [0.15, 0.2) is 0 Å². The van der Waals surface area contributed by atoms with E-state index in [1.807, 2.05) is 61.5 Å². The average Bonchev–Trinajstić information content (AvgIpc) is 3.05. The highest BCUT2D eigenvalue weighted by atomic mass is 32.2. The second-order valence-corrected chi connectivity index (χ2v) is 7.35. The van der Waals surface area contributed by atoms with Gasteiger partial charge in [-0.15, -0.1) is 0 Å². The molecule has 0 saturated carbocycles. The van der Waals surface area contributed by atoms with Gasteiger partial charge in [-0.2, -0.15) is 5.10 Å². The maximum Gasteiger partial charge on any atom is 0.255 e. The molecular formula is C19H20N2O2S. The van der Waals surface area contributed by atoms with Gasteiger partial charge in [-0.25, -0.2) is 5.01 Å². The quantitative estimate of drug-likeness (QED) is 0.840. The number of benzene rings is 2. The van der Waals surface area contributed by atoms with Crippen molar-refractivity contribution in [3.05, 3.63) is 71.3 Å². The fraction of sp³-hybridized carbons (Fsp3) is 0.263. The van der Waals surface area contributed by atoms with Crippen molar-refractivity contribution in [1.29, 1.82) is 0 Å². The first kappa shape index (κ1) is 16.6. The zero-order valence-electron chi connectivity index (χ0n) is 13.6. The molecule has 2 aromatic carbocycles. The smallest absolute Gasteiger partial charge is 0.255 e. The SMILES string of the molecule is Cc1cccc(CS(=O)CC(=O)N2CCC(c3ccccc3)=N2)c1. The van der Waals surface area contributed by atoms with Crippen molar-refractivity contribution in [2.75, 3.05) is 12.3 Å². The summed E-state index contributed by atoms with van der Waals surface area (Å²) in [5, 5.41) is 5.85. The van der Waals surface area contributed by atoms with Crippen LogP contribution >= 0.6 is 0 Å². The summed E-state index contributed by atoms with van der Waals surface area (Å²) >= 11 is 0. The molecule has 0 aromatic heterocycles. The monoisotopic (exact) mass is 340 g/mol. The van der Waals surface area contributed by atoms with E-state index in [2.05, 4.69) is 5.10 Å². The predicted octanol–water partition coefficient (Wildman–Crippen LogP) is 2.88. The molecule has 0 fully saturated rings. The van der Waals surface area contributed by atoms with E-state index in [0.29, 0.717) is 12.3 Å². The van der Waals surface area contributed by atoms with Crippen LogP contribution in [0.1, 0.15) is 23.1 Å². The van der Waals surface area contributed by atoms with Crippen molar-refractivity contribution >= 4 is 22.4 Å². The Hall–Kier alpha value is -2.27. The van der Waals surface area contributed by atoms with E-state index in [4.69, 9.17) is 0 Å². The molecule has 1 atom stereocenters. The Labute approximate surface area is 144 Å². The molecule has 1 unspecified atom stereocenters. The van der Waals surface area contributed by atoms with Gasteiger partial charge >= 0.3 is 0 Å². The van der Waals surface area contributed by atoms with Crippen LogP contribution in [0.25, 0.3) is 0 Å². The molecule has 1 amide bonds. The number of hydrogen-bond acceptors (Lipinski definition) is 3. The highest BCUT2D eigenvalue weighted by Crippen LogP contribution is 2.14. The Bertz CT molecular complexity index is 787. The second kappa shape index (κ2) is 7.53. The van der Waals surface area contributed by atoms with E-state index < -0.39 is 10.8 Å². The lowest BCUT2D eigenvalue weighted by molar-refractivity contribution is -0.127. The molecule has 0 aliphatic carbocycles. The molecule has 0 saturated heterocycles. The molecular weight excluding hydrogens is 320 g/mol. The topological polar surface area (TPSA) is 49.7 Å². The van der Waals surface area contributed by atoms with Gasteiger partial charge in [0.1, 0.15) is 5.75 Å². The Balaban J connectivity index is 1.59. The third-order valence-corrected chi connectivity index (χ3v) is 5.12. The number of amides is 1. The minimum atomic E-state index is -1.22. The number of carbonyl (C=O) groups is 1. The lowest BCUT2D eigenvalue weighted by Gasteiger charge is -2.11. The van der Waals surface area contributed by atoms with E-state index in [1.165, 1.54) is 5.01 Å². The third-order valence-electron chi connectivity index (χ3n) is 3.89. The lowest BCUT2D eigenvalue weighted by atomic mass is 10.1. The highest BCUT2D eigenvalue weighted by Gasteiger charge is 2.22. The Kier molecular flexibility index (Phi) is 5.20. The predicted molar refractivity (Wildman–Crippen MR) is 97.2 cm³/mol. The molecule has 0 bridgehead atoms. The Morgan fingerprint density at radius 1 is 1.17 bits per heavy atom. The van der Waals surface area contributed by atoms with Crippen LogP contribution in [-0.4, -0.2) is 33.1 Å². The summed E-state index contributed by atoms with van der Waals surface area (Å²) in [5.41, 5.74) is 4.07. The van der Waals surface area contributed by atoms with Crippen molar-refractivity contribution in [2.45, 2.75) is 19.1 Å². The van der Waals surface area contributed by atoms with Crippen molar-refractivity contribution in [3.8, 4) is 0 Å². The van der Waals surface area contributed by atoms with E-state index in [1.54, 1.807) is 0 Å². The summed E-state index contributed by atoms with van der Waals surface area (Å²) in [7, 11) is -1.22. The molecule has 1 aliphatic rings. The largest absolute Gasteiger partial charge is 0.272 e. The molecule has 5 heteroatoms. The molecule has 4 nitrogen and oxygen atoms in total.